The van der Waals surface area contributed by atoms with Crippen LogP contribution in [0.3, 0.4) is 0 Å². The molecule has 0 saturated carbocycles. The fourth-order valence-corrected chi connectivity index (χ4v) is 2.43. The first-order chi connectivity index (χ1) is 4.79. The highest BCUT2D eigenvalue weighted by atomic mass is 32.1. The summed E-state index contributed by atoms with van der Waals surface area (Å²) in [6.07, 6.45) is 2.32. The topological polar surface area (TPSA) is 22.0 Å². The van der Waals surface area contributed by atoms with E-state index in [-0.39, 0.29) is 4.74 Å². The highest BCUT2D eigenvalue weighted by Gasteiger charge is 2.15. The minimum absolute atomic E-state index is 0.245. The van der Waals surface area contributed by atoms with E-state index in [1.807, 2.05) is 6.92 Å². The highest BCUT2D eigenvalue weighted by Crippen LogP contribution is 2.18. The molecular weight excluding hydrogens is 146 g/mol. The van der Waals surface area contributed by atoms with E-state index in [0.29, 0.717) is 0 Å². The first-order valence-corrected chi connectivity index (χ1v) is 4.26. The Balaban J connectivity index is 2.70. The molecule has 1 aromatic rings. The second-order valence-electron chi connectivity index (χ2n) is 2.66. The zero-order valence-corrected chi connectivity index (χ0v) is 6.70. The van der Waals surface area contributed by atoms with Gasteiger partial charge in [-0.25, -0.2) is 0 Å². The van der Waals surface area contributed by atoms with Gasteiger partial charge < -0.3 is 0 Å². The van der Waals surface area contributed by atoms with E-state index < -0.39 is 0 Å². The predicted molar refractivity (Wildman–Crippen MR) is 41.6 cm³/mol. The van der Waals surface area contributed by atoms with E-state index in [4.69, 9.17) is 0 Å². The third kappa shape index (κ3) is 0.669. The first kappa shape index (κ1) is 6.16. The summed E-state index contributed by atoms with van der Waals surface area (Å²) in [6, 6.07) is 0. The zero-order chi connectivity index (χ0) is 7.14. The molecule has 54 valence electrons. The fourth-order valence-electron chi connectivity index (χ4n) is 1.41. The van der Waals surface area contributed by atoms with Crippen LogP contribution in [-0.4, -0.2) is 3.96 Å². The molecule has 2 heterocycles. The van der Waals surface area contributed by atoms with Gasteiger partial charge in [-0.05, 0) is 31.3 Å². The fraction of sp³-hybridized carbons (Fsp3) is 0.571. The molecule has 0 atom stereocenters. The van der Waals surface area contributed by atoms with Gasteiger partial charge in [0.2, 0.25) is 0 Å². The van der Waals surface area contributed by atoms with Gasteiger partial charge in [-0.3, -0.25) is 8.75 Å². The summed E-state index contributed by atoms with van der Waals surface area (Å²) in [5, 5.41) is 0. The van der Waals surface area contributed by atoms with E-state index in [9.17, 15) is 4.79 Å². The molecule has 0 radical (unpaired) electrons. The van der Waals surface area contributed by atoms with Crippen molar-refractivity contribution >= 4 is 11.5 Å². The molecular formula is C7H9NOS. The Morgan fingerprint density at radius 1 is 1.60 bits per heavy atom. The van der Waals surface area contributed by atoms with Crippen LogP contribution in [0.1, 0.15) is 17.7 Å². The molecule has 3 heteroatoms. The van der Waals surface area contributed by atoms with Gasteiger partial charge in [0.1, 0.15) is 0 Å². The largest absolute Gasteiger partial charge is 0.299 e. The molecule has 1 aliphatic heterocycles. The summed E-state index contributed by atoms with van der Waals surface area (Å²) >= 11 is 1.36. The van der Waals surface area contributed by atoms with Crippen LogP contribution in [0.4, 0.5) is 0 Å². The smallest absolute Gasteiger partial charge is 0.252 e. The van der Waals surface area contributed by atoms with Gasteiger partial charge in [-0.1, -0.05) is 0 Å². The minimum Gasteiger partial charge on any atom is -0.299 e. The highest BCUT2D eigenvalue weighted by molar-refractivity contribution is 7.04. The Kier molecular flexibility index (Phi) is 1.20. The monoisotopic (exact) mass is 155 g/mol. The van der Waals surface area contributed by atoms with Crippen molar-refractivity contribution in [2.75, 3.05) is 0 Å². The molecule has 2 nitrogen and oxygen atoms in total. The lowest BCUT2D eigenvalue weighted by molar-refractivity contribution is 0.800. The van der Waals surface area contributed by atoms with E-state index in [1.54, 1.807) is 0 Å². The Hall–Kier alpha value is -0.570. The number of fused-ring (bicyclic) bond motifs is 1. The van der Waals surface area contributed by atoms with Gasteiger partial charge in [-0.2, -0.15) is 0 Å². The Morgan fingerprint density at radius 3 is 3.10 bits per heavy atom. The van der Waals surface area contributed by atoms with Crippen LogP contribution in [0.5, 0.6) is 0 Å². The van der Waals surface area contributed by atoms with Crippen LogP contribution in [0.2, 0.25) is 0 Å². The summed E-state index contributed by atoms with van der Waals surface area (Å²) in [7, 11) is 0. The lowest BCUT2D eigenvalue weighted by Gasteiger charge is -1.90. The Labute approximate surface area is 63.3 Å². The molecule has 0 amide bonds. The van der Waals surface area contributed by atoms with Crippen LogP contribution < -0.4 is 4.74 Å². The summed E-state index contributed by atoms with van der Waals surface area (Å²) in [6.45, 7) is 2.99. The number of rotatable bonds is 0. The second kappa shape index (κ2) is 1.95. The average molecular weight is 155 g/mol. The van der Waals surface area contributed by atoms with Crippen molar-refractivity contribution in [1.29, 1.82) is 0 Å². The van der Waals surface area contributed by atoms with Crippen molar-refractivity contribution in [2.45, 2.75) is 26.3 Å². The maximum atomic E-state index is 11.1. The molecule has 1 aromatic heterocycles. The maximum absolute atomic E-state index is 11.1. The molecule has 0 spiro atoms. The number of hydrogen-bond donors (Lipinski definition) is 0. The van der Waals surface area contributed by atoms with Gasteiger partial charge in [0, 0.05) is 17.8 Å². The molecule has 0 aliphatic carbocycles. The first-order valence-electron chi connectivity index (χ1n) is 3.48. The lowest BCUT2D eigenvalue weighted by Crippen LogP contribution is -1.94. The van der Waals surface area contributed by atoms with Gasteiger partial charge in [0.05, 0.1) is 0 Å². The Bertz CT molecular complexity index is 310. The summed E-state index contributed by atoms with van der Waals surface area (Å²) in [4.78, 5) is 11.1. The zero-order valence-electron chi connectivity index (χ0n) is 5.89. The standard InChI is InChI=1S/C7H9NOS/c1-5-6-3-2-4-8(6)10-7(5)9/h2-4H2,1H3. The molecule has 1 aliphatic rings. The Morgan fingerprint density at radius 2 is 2.40 bits per heavy atom. The van der Waals surface area contributed by atoms with Gasteiger partial charge in [0.15, 0.2) is 0 Å². The van der Waals surface area contributed by atoms with Crippen molar-refractivity contribution < 1.29 is 0 Å². The molecule has 0 unspecified atom stereocenters. The molecule has 10 heavy (non-hydrogen) atoms. The number of nitrogens with zero attached hydrogens (tertiary/aromatic N) is 1. The van der Waals surface area contributed by atoms with Gasteiger partial charge in [0.25, 0.3) is 4.74 Å². The SMILES string of the molecule is Cc1c2n(sc1=O)CCC2. The van der Waals surface area contributed by atoms with Crippen LogP contribution in [0.15, 0.2) is 4.79 Å². The minimum atomic E-state index is 0.245. The molecule has 0 N–H and O–H groups in total. The number of aryl methyl sites for hydroxylation is 1. The molecule has 0 bridgehead atoms. The van der Waals surface area contributed by atoms with Crippen LogP contribution in [0.25, 0.3) is 0 Å². The van der Waals surface area contributed by atoms with Crippen molar-refractivity contribution in [3.63, 3.8) is 0 Å². The van der Waals surface area contributed by atoms with Crippen molar-refractivity contribution in [3.05, 3.63) is 20.8 Å². The molecule has 0 fully saturated rings. The summed E-state index contributed by atoms with van der Waals surface area (Å²) in [5.74, 6) is 0. The van der Waals surface area contributed by atoms with E-state index in [2.05, 4.69) is 3.96 Å². The van der Waals surface area contributed by atoms with Crippen molar-refractivity contribution in [3.8, 4) is 0 Å². The number of hydrogen-bond acceptors (Lipinski definition) is 2. The maximum Gasteiger partial charge on any atom is 0.252 e. The quantitative estimate of drug-likeness (QED) is 0.551. The summed E-state index contributed by atoms with van der Waals surface area (Å²) in [5.41, 5.74) is 2.25. The average Bonchev–Trinajstić information content (AvgIpc) is 2.41. The van der Waals surface area contributed by atoms with E-state index >= 15 is 0 Å². The molecule has 0 saturated heterocycles. The predicted octanol–water partition coefficient (Wildman–Crippen LogP) is 1.16. The lowest BCUT2D eigenvalue weighted by atomic mass is 10.2. The molecule has 2 rings (SSSR count). The molecule has 0 aromatic carbocycles. The van der Waals surface area contributed by atoms with E-state index in [1.165, 1.54) is 23.6 Å². The van der Waals surface area contributed by atoms with Crippen molar-refractivity contribution in [1.82, 2.24) is 3.96 Å². The van der Waals surface area contributed by atoms with Crippen molar-refractivity contribution in [2.24, 2.45) is 0 Å². The normalized spacial score (nSPS) is 15.7. The van der Waals surface area contributed by atoms with Gasteiger partial charge >= 0.3 is 0 Å². The van der Waals surface area contributed by atoms with Gasteiger partial charge in [-0.15, -0.1) is 0 Å². The van der Waals surface area contributed by atoms with Crippen LogP contribution >= 0.6 is 11.5 Å². The van der Waals surface area contributed by atoms with E-state index in [0.717, 1.165) is 18.5 Å². The second-order valence-corrected chi connectivity index (χ2v) is 3.65. The third-order valence-corrected chi connectivity index (χ3v) is 3.10. The van der Waals surface area contributed by atoms with Crippen LogP contribution in [-0.2, 0) is 13.0 Å². The number of aromatic nitrogens is 1. The third-order valence-electron chi connectivity index (χ3n) is 2.01. The summed E-state index contributed by atoms with van der Waals surface area (Å²) < 4.78 is 2.37. The van der Waals surface area contributed by atoms with Crippen LogP contribution in [0, 0.1) is 6.92 Å².